The molecule has 0 saturated carbocycles. The molecule has 0 bridgehead atoms. The zero-order valence-electron chi connectivity index (χ0n) is 67.4. The second-order valence-electron chi connectivity index (χ2n) is 30.1. The molecule has 3 aromatic rings. The van der Waals surface area contributed by atoms with Crippen LogP contribution >= 0.6 is 23.5 Å². The van der Waals surface area contributed by atoms with E-state index in [0.29, 0.717) is 64.5 Å². The van der Waals surface area contributed by atoms with Crippen LogP contribution in [0.4, 0.5) is 15.3 Å². The number of urea groups is 1. The Morgan fingerprint density at radius 3 is 1.79 bits per heavy atom. The molecule has 13 atom stereocenters. The van der Waals surface area contributed by atoms with Crippen molar-refractivity contribution in [1.29, 1.82) is 0 Å². The van der Waals surface area contributed by atoms with Crippen molar-refractivity contribution < 1.29 is 82.0 Å². The number of primary amides is 1. The summed E-state index contributed by atoms with van der Waals surface area (Å²) in [6.45, 7) is 26.3. The Labute approximate surface area is 658 Å². The van der Waals surface area contributed by atoms with E-state index in [9.17, 15) is 67.7 Å². The Morgan fingerprint density at radius 1 is 0.655 bits per heavy atom. The molecule has 0 aromatic heterocycles. The molecule has 1 heterocycles. The fourth-order valence-electron chi connectivity index (χ4n) is 13.3. The molecule has 110 heavy (non-hydrogen) atoms. The molecule has 1 fully saturated rings. The number of nitrogens with two attached hydrogens (primary N) is 1. The fourth-order valence-corrected chi connectivity index (χ4v) is 15.2. The standard InChI is InChI=1S/C80H123N11O17S2/c1-19-50(12)68(62(106-17)41-64(93)91-40-24-28-61(91)71(107-18)51(13)72(96)83-52(14)69(94)54-25-21-20-22-26-54)89(15)77(101)66(46(4)5)88-76(100)67(47(6)7)90(16)80(105)108-42-53-29-35-58(36-30-53)84-74(98)59(27-23-39-82-79(81)104)85-75(99)65(45(2)3)87-63(92)38-37-60(78(102)103)86-73(97)56-33-31-55(32-34-56)70(95)57(43-109-48(8)9)44-110-49(10)11/h20-22,25-26,29-36,45-52,57,59-62,65-69,71,94H,19,23-24,27-28,37-44H2,1-18H3,(H,83,96)(H,84,98)(H,85,99)(H,86,97)(H,87,92)(H,88,100)(H,102,103)(H3,81,82,104)/t50-,51+,52+,59-,60-,61-,62+,65-,66-,67-,68-,69+,71+/m0/s1. The third-order valence-electron chi connectivity index (χ3n) is 19.9. The van der Waals surface area contributed by atoms with Crippen LogP contribution in [-0.4, -0.2) is 220 Å². The molecule has 4 rings (SSSR count). The number of carboxylic acid groups (broad SMARTS) is 1. The van der Waals surface area contributed by atoms with Gasteiger partial charge in [0.2, 0.25) is 41.4 Å². The number of methoxy groups -OCH3 is 2. The van der Waals surface area contributed by atoms with Crippen LogP contribution in [-0.2, 0) is 59.2 Å². The van der Waals surface area contributed by atoms with E-state index in [4.69, 9.17) is 19.9 Å². The van der Waals surface area contributed by atoms with E-state index in [0.717, 1.165) is 4.90 Å². The number of anilines is 1. The quantitative estimate of drug-likeness (QED) is 0.0187. The number of likely N-dealkylation sites (N-methyl/N-ethyl adjacent to an activating group) is 2. The molecule has 3 aromatic carbocycles. The normalized spacial score (nSPS) is 16.3. The molecule has 0 unspecified atom stereocenters. The largest absolute Gasteiger partial charge is 0.480 e. The molecular weight excluding hydrogens is 1450 g/mol. The molecule has 28 nitrogen and oxygen atoms in total. The second-order valence-corrected chi connectivity index (χ2v) is 33.3. The van der Waals surface area contributed by atoms with E-state index >= 15 is 0 Å². The summed E-state index contributed by atoms with van der Waals surface area (Å²) in [6.07, 6.45) is -2.13. The predicted octanol–water partition coefficient (Wildman–Crippen LogP) is 8.34. The van der Waals surface area contributed by atoms with E-state index in [2.05, 4.69) is 64.9 Å². The number of thioether (sulfide) groups is 2. The first-order valence-electron chi connectivity index (χ1n) is 38.2. The molecule has 1 saturated heterocycles. The van der Waals surface area contributed by atoms with Gasteiger partial charge in [-0.15, -0.1) is 0 Å². The van der Waals surface area contributed by atoms with Gasteiger partial charge in [-0.1, -0.05) is 151 Å². The molecule has 1 aliphatic heterocycles. The highest BCUT2D eigenvalue weighted by molar-refractivity contribution is 8.00. The maximum atomic E-state index is 14.9. The highest BCUT2D eigenvalue weighted by Crippen LogP contribution is 2.32. The molecule has 30 heteroatoms. The van der Waals surface area contributed by atoms with Gasteiger partial charge in [-0.05, 0) is 109 Å². The van der Waals surface area contributed by atoms with E-state index in [1.807, 2.05) is 32.0 Å². The van der Waals surface area contributed by atoms with Crippen LogP contribution in [0.25, 0.3) is 0 Å². The zero-order valence-corrected chi connectivity index (χ0v) is 69.1. The Balaban J connectivity index is 1.38. The van der Waals surface area contributed by atoms with Crippen molar-refractivity contribution >= 4 is 100 Å². The average molecular weight is 1580 g/mol. The van der Waals surface area contributed by atoms with Gasteiger partial charge in [-0.3, -0.25) is 48.1 Å². The Hall–Kier alpha value is -8.32. The van der Waals surface area contributed by atoms with E-state index in [1.54, 1.807) is 127 Å². The van der Waals surface area contributed by atoms with Crippen molar-refractivity contribution in [3.8, 4) is 0 Å². The molecule has 0 aliphatic carbocycles. The van der Waals surface area contributed by atoms with Gasteiger partial charge < -0.3 is 77.2 Å². The number of amides is 11. The SMILES string of the molecule is CC[C@H](C)[C@@H]([C@@H](CC(=O)N1CCC[C@H]1[C@H](OC)[C@@H](C)C(=O)N[C@H](C)[C@@H](O)c1ccccc1)OC)N(C)C(=O)[C@@H](NC(=O)[C@H](C(C)C)N(C)C(=O)OCc1ccc(NC(=O)[C@H](CCCNC(N)=O)NC(=O)[C@@H](NC(=O)CC[C@H](NC(=O)c2ccc(C(=O)C(CSC(C)C)CSC(C)C)cc2)C(=O)O)C(C)C)cc1)C(C)C. The smallest absolute Gasteiger partial charge is 0.410 e. The number of rotatable bonds is 46. The molecular formula is C80H123N11O17S2. The van der Waals surface area contributed by atoms with Gasteiger partial charge in [-0.2, -0.15) is 23.5 Å². The molecule has 11 amide bonds. The molecule has 612 valence electrons. The van der Waals surface area contributed by atoms with Crippen LogP contribution in [0.2, 0.25) is 0 Å². The summed E-state index contributed by atoms with van der Waals surface area (Å²) in [5.41, 5.74) is 7.24. The van der Waals surface area contributed by atoms with Crippen LogP contribution in [0.15, 0.2) is 78.9 Å². The van der Waals surface area contributed by atoms with Gasteiger partial charge in [-0.25, -0.2) is 14.4 Å². The number of nitrogens with zero attached hydrogens (tertiary/aromatic N) is 3. The van der Waals surface area contributed by atoms with Gasteiger partial charge in [0.15, 0.2) is 5.78 Å². The Kier molecular flexibility index (Phi) is 39.8. The van der Waals surface area contributed by atoms with Crippen molar-refractivity contribution in [2.24, 2.45) is 41.2 Å². The first kappa shape index (κ1) is 94.1. The number of likely N-dealkylation sites (tertiary alicyclic amines) is 1. The van der Waals surface area contributed by atoms with Gasteiger partial charge in [0.1, 0.15) is 36.8 Å². The highest BCUT2D eigenvalue weighted by atomic mass is 32.2. The number of ketones is 1. The number of carbonyl (C=O) groups excluding carboxylic acids is 11. The Bertz CT molecular complexity index is 3490. The number of benzene rings is 3. The number of Topliss-reactive ketones (excluding diaryl/α,β-unsaturated/α-hetero) is 1. The molecule has 0 radical (unpaired) electrons. The lowest BCUT2D eigenvalue weighted by molar-refractivity contribution is -0.148. The lowest BCUT2D eigenvalue weighted by Gasteiger charge is -2.41. The first-order chi connectivity index (χ1) is 51.9. The number of carbonyl (C=O) groups is 12. The van der Waals surface area contributed by atoms with E-state index in [1.165, 1.54) is 50.4 Å². The minimum Gasteiger partial charge on any atom is -0.480 e. The third kappa shape index (κ3) is 29.1. The predicted molar refractivity (Wildman–Crippen MR) is 427 cm³/mol. The van der Waals surface area contributed by atoms with Gasteiger partial charge in [0.25, 0.3) is 5.91 Å². The highest BCUT2D eigenvalue weighted by Gasteiger charge is 2.44. The lowest BCUT2D eigenvalue weighted by atomic mass is 9.89. The fraction of sp³-hybridized carbons (Fsp3) is 0.625. The summed E-state index contributed by atoms with van der Waals surface area (Å²) in [7, 11) is 6.04. The van der Waals surface area contributed by atoms with Gasteiger partial charge in [0, 0.05) is 82.1 Å². The second kappa shape index (κ2) is 46.5. The minimum atomic E-state index is -1.51. The number of hydrogen-bond acceptors (Lipinski definition) is 18. The number of hydrogen-bond donors (Lipinski definition) is 10. The summed E-state index contributed by atoms with van der Waals surface area (Å²) in [5, 5.41) is 40.6. The Morgan fingerprint density at radius 2 is 1.25 bits per heavy atom. The first-order valence-corrected chi connectivity index (χ1v) is 40.3. The van der Waals surface area contributed by atoms with Crippen LogP contribution in [0, 0.1) is 35.5 Å². The van der Waals surface area contributed by atoms with Crippen molar-refractivity contribution in [2.75, 3.05) is 58.2 Å². The van der Waals surface area contributed by atoms with Crippen LogP contribution in [0.1, 0.15) is 186 Å². The average Bonchev–Trinajstić information content (AvgIpc) is 1.36. The minimum absolute atomic E-state index is 0.00231. The van der Waals surface area contributed by atoms with Crippen LogP contribution < -0.4 is 43.0 Å². The lowest BCUT2D eigenvalue weighted by Crippen LogP contribution is -2.60. The number of aliphatic carboxylic acids is 1. The summed E-state index contributed by atoms with van der Waals surface area (Å²) in [4.78, 5) is 168. The summed E-state index contributed by atoms with van der Waals surface area (Å²) in [6, 6.07) is 12.6. The number of nitrogens with one attached hydrogen (secondary N) is 7. The van der Waals surface area contributed by atoms with E-state index in [-0.39, 0.29) is 79.5 Å². The van der Waals surface area contributed by atoms with E-state index < -0.39 is 150 Å². The summed E-state index contributed by atoms with van der Waals surface area (Å²) in [5.74, 6) is -7.26. The van der Waals surface area contributed by atoms with Gasteiger partial charge in [0.05, 0.1) is 48.8 Å². The van der Waals surface area contributed by atoms with Crippen LogP contribution in [0.5, 0.6) is 0 Å². The number of aliphatic hydroxyl groups excluding tert-OH is 1. The van der Waals surface area contributed by atoms with Crippen molar-refractivity contribution in [3.05, 3.63) is 101 Å². The molecule has 11 N–H and O–H groups in total. The maximum Gasteiger partial charge on any atom is 0.410 e. The molecule has 1 aliphatic rings. The van der Waals surface area contributed by atoms with Gasteiger partial charge >= 0.3 is 18.1 Å². The summed E-state index contributed by atoms with van der Waals surface area (Å²) >= 11 is 3.39. The number of ether oxygens (including phenoxy) is 3. The number of aliphatic hydroxyl groups is 1. The van der Waals surface area contributed by atoms with Crippen LogP contribution in [0.3, 0.4) is 0 Å². The van der Waals surface area contributed by atoms with Crippen molar-refractivity contribution in [2.45, 2.75) is 232 Å². The van der Waals surface area contributed by atoms with Crippen molar-refractivity contribution in [3.63, 3.8) is 0 Å². The third-order valence-corrected chi connectivity index (χ3v) is 22.4. The zero-order chi connectivity index (χ0) is 82.4. The summed E-state index contributed by atoms with van der Waals surface area (Å²) < 4.78 is 17.8. The monoisotopic (exact) mass is 1570 g/mol. The topological polar surface area (TPSA) is 393 Å². The van der Waals surface area contributed by atoms with Crippen molar-refractivity contribution in [1.82, 2.24) is 46.6 Å². The maximum absolute atomic E-state index is 14.9. The number of carboxylic acids is 1. The molecule has 0 spiro atoms.